The zero-order valence-corrected chi connectivity index (χ0v) is 17.5. The third kappa shape index (κ3) is 6.59. The molecule has 0 aliphatic heterocycles. The van der Waals surface area contributed by atoms with Crippen LogP contribution in [0.4, 0.5) is 5.69 Å². The van der Waals surface area contributed by atoms with Gasteiger partial charge in [0.25, 0.3) is 5.91 Å². The van der Waals surface area contributed by atoms with Gasteiger partial charge in [-0.3, -0.25) is 4.79 Å². The number of aryl methyl sites for hydroxylation is 1. The summed E-state index contributed by atoms with van der Waals surface area (Å²) in [6.07, 6.45) is -0.616. The minimum atomic E-state index is -0.616. The first-order valence-electron chi connectivity index (χ1n) is 9.73. The molecule has 0 aliphatic carbocycles. The van der Waals surface area contributed by atoms with E-state index >= 15 is 0 Å². The molecule has 0 unspecified atom stereocenters. The van der Waals surface area contributed by atoms with Gasteiger partial charge in [0.2, 0.25) is 0 Å². The number of aliphatic hydroxyl groups excluding tert-OH is 1. The molecule has 1 atom stereocenters. The molecule has 0 aliphatic rings. The molecule has 1 amide bonds. The second-order valence-electron chi connectivity index (χ2n) is 7.01. The lowest BCUT2D eigenvalue weighted by atomic mass is 10.1. The van der Waals surface area contributed by atoms with Crippen LogP contribution >= 0.6 is 11.6 Å². The summed E-state index contributed by atoms with van der Waals surface area (Å²) in [7, 11) is 0. The summed E-state index contributed by atoms with van der Waals surface area (Å²) in [6, 6.07) is 22.3. The van der Waals surface area contributed by atoms with Crippen molar-refractivity contribution in [1.29, 1.82) is 0 Å². The monoisotopic (exact) mass is 424 g/mol. The predicted molar refractivity (Wildman–Crippen MR) is 120 cm³/mol. The first-order chi connectivity index (χ1) is 14.5. The number of carbonyl (C=O) groups excluding carboxylic acids is 1. The Kier molecular flexibility index (Phi) is 7.85. The van der Waals surface area contributed by atoms with Crippen LogP contribution < -0.4 is 15.4 Å². The van der Waals surface area contributed by atoms with Gasteiger partial charge in [-0.1, -0.05) is 59.6 Å². The van der Waals surface area contributed by atoms with Crippen molar-refractivity contribution >= 4 is 23.2 Å². The van der Waals surface area contributed by atoms with Crippen molar-refractivity contribution < 1.29 is 14.6 Å². The van der Waals surface area contributed by atoms with Gasteiger partial charge in [0, 0.05) is 29.4 Å². The van der Waals surface area contributed by atoms with Crippen LogP contribution in [0.3, 0.4) is 0 Å². The first kappa shape index (κ1) is 21.8. The topological polar surface area (TPSA) is 70.6 Å². The van der Waals surface area contributed by atoms with Gasteiger partial charge in [-0.2, -0.15) is 0 Å². The molecule has 0 heterocycles. The molecule has 3 rings (SSSR count). The quantitative estimate of drug-likeness (QED) is 0.473. The van der Waals surface area contributed by atoms with Crippen molar-refractivity contribution in [3.63, 3.8) is 0 Å². The summed E-state index contributed by atoms with van der Waals surface area (Å²) in [5.74, 6) is 0.326. The smallest absolute Gasteiger partial charge is 0.262 e. The van der Waals surface area contributed by atoms with Crippen molar-refractivity contribution in [2.45, 2.75) is 19.6 Å². The Morgan fingerprint density at radius 3 is 2.53 bits per heavy atom. The molecular formula is C24H25ClN2O3. The van der Waals surface area contributed by atoms with Gasteiger partial charge in [-0.05, 0) is 42.8 Å². The van der Waals surface area contributed by atoms with E-state index in [9.17, 15) is 9.90 Å². The highest BCUT2D eigenvalue weighted by molar-refractivity contribution is 6.30. The van der Waals surface area contributed by atoms with E-state index in [1.807, 2.05) is 61.5 Å². The molecule has 3 aromatic rings. The number of anilines is 1. The number of benzene rings is 3. The normalized spacial score (nSPS) is 11.7. The highest BCUT2D eigenvalue weighted by Crippen LogP contribution is 2.23. The van der Waals surface area contributed by atoms with Gasteiger partial charge < -0.3 is 20.5 Å². The van der Waals surface area contributed by atoms with E-state index in [2.05, 4.69) is 10.6 Å². The molecule has 0 bridgehead atoms. The Hall–Kier alpha value is -2.86. The molecule has 0 radical (unpaired) electrons. The lowest BCUT2D eigenvalue weighted by molar-refractivity contribution is -0.118. The van der Waals surface area contributed by atoms with Gasteiger partial charge in [-0.25, -0.2) is 0 Å². The second kappa shape index (κ2) is 10.8. The second-order valence-corrected chi connectivity index (χ2v) is 7.45. The third-order valence-corrected chi connectivity index (χ3v) is 4.79. The minimum absolute atomic E-state index is 0.116. The lowest BCUT2D eigenvalue weighted by Gasteiger charge is -2.15. The van der Waals surface area contributed by atoms with E-state index < -0.39 is 6.10 Å². The van der Waals surface area contributed by atoms with Gasteiger partial charge in [0.05, 0.1) is 6.10 Å². The Morgan fingerprint density at radius 2 is 1.80 bits per heavy atom. The van der Waals surface area contributed by atoms with Gasteiger partial charge in [0.15, 0.2) is 6.61 Å². The summed E-state index contributed by atoms with van der Waals surface area (Å²) in [6.45, 7) is 2.70. The Bertz CT molecular complexity index is 962. The SMILES string of the molecule is Cc1ccc(NC(=O)COc2ccc(Cl)cc2CNC[C@@H](O)c2ccccc2)cc1. The highest BCUT2D eigenvalue weighted by atomic mass is 35.5. The summed E-state index contributed by atoms with van der Waals surface area (Å²) >= 11 is 6.12. The largest absolute Gasteiger partial charge is 0.483 e. The molecule has 0 saturated carbocycles. The fourth-order valence-corrected chi connectivity index (χ4v) is 3.14. The molecule has 0 saturated heterocycles. The van der Waals surface area contributed by atoms with Crippen LogP contribution in [0.25, 0.3) is 0 Å². The molecule has 5 nitrogen and oxygen atoms in total. The Morgan fingerprint density at radius 1 is 1.07 bits per heavy atom. The van der Waals surface area contributed by atoms with Crippen molar-refractivity contribution in [3.05, 3.63) is 94.5 Å². The molecular weight excluding hydrogens is 400 g/mol. The van der Waals surface area contributed by atoms with E-state index in [-0.39, 0.29) is 12.5 Å². The first-order valence-corrected chi connectivity index (χ1v) is 10.1. The summed E-state index contributed by atoms with van der Waals surface area (Å²) in [5, 5.41) is 16.9. The van der Waals surface area contributed by atoms with E-state index in [0.717, 1.165) is 22.4 Å². The molecule has 3 N–H and O–H groups in total. The zero-order chi connectivity index (χ0) is 21.3. The maximum absolute atomic E-state index is 12.2. The third-order valence-electron chi connectivity index (χ3n) is 4.55. The number of amides is 1. The van der Waals surface area contributed by atoms with Gasteiger partial charge in [-0.15, -0.1) is 0 Å². The predicted octanol–water partition coefficient (Wildman–Crippen LogP) is 4.49. The van der Waals surface area contributed by atoms with Crippen molar-refractivity contribution in [2.75, 3.05) is 18.5 Å². The molecule has 6 heteroatoms. The number of carbonyl (C=O) groups is 1. The van der Waals surface area contributed by atoms with E-state index in [1.54, 1.807) is 18.2 Å². The number of nitrogens with one attached hydrogen (secondary N) is 2. The molecule has 0 fully saturated rings. The zero-order valence-electron chi connectivity index (χ0n) is 16.8. The summed E-state index contributed by atoms with van der Waals surface area (Å²) in [4.78, 5) is 12.2. The lowest BCUT2D eigenvalue weighted by Crippen LogP contribution is -2.23. The van der Waals surface area contributed by atoms with Gasteiger partial charge in [0.1, 0.15) is 5.75 Å². The number of ether oxygens (including phenoxy) is 1. The summed E-state index contributed by atoms with van der Waals surface area (Å²) in [5.41, 5.74) is 3.51. The molecule has 0 spiro atoms. The van der Waals surface area contributed by atoms with E-state index in [1.165, 1.54) is 0 Å². The Balaban J connectivity index is 1.54. The van der Waals surface area contributed by atoms with Crippen molar-refractivity contribution in [2.24, 2.45) is 0 Å². The van der Waals surface area contributed by atoms with Crippen LogP contribution in [-0.4, -0.2) is 24.2 Å². The Labute approximate surface area is 181 Å². The van der Waals surface area contributed by atoms with E-state index in [0.29, 0.717) is 23.9 Å². The molecule has 30 heavy (non-hydrogen) atoms. The van der Waals surface area contributed by atoms with Crippen LogP contribution in [0.1, 0.15) is 22.8 Å². The molecule has 3 aromatic carbocycles. The number of hydrogen-bond acceptors (Lipinski definition) is 4. The maximum Gasteiger partial charge on any atom is 0.262 e. The van der Waals surface area contributed by atoms with E-state index in [4.69, 9.17) is 16.3 Å². The fraction of sp³-hybridized carbons (Fsp3) is 0.208. The van der Waals surface area contributed by atoms with Crippen LogP contribution in [0, 0.1) is 6.92 Å². The summed E-state index contributed by atoms with van der Waals surface area (Å²) < 4.78 is 5.72. The number of halogens is 1. The highest BCUT2D eigenvalue weighted by Gasteiger charge is 2.10. The van der Waals surface area contributed by atoms with Gasteiger partial charge >= 0.3 is 0 Å². The molecule has 156 valence electrons. The minimum Gasteiger partial charge on any atom is -0.483 e. The van der Waals surface area contributed by atoms with Crippen LogP contribution in [0.5, 0.6) is 5.75 Å². The average molecular weight is 425 g/mol. The van der Waals surface area contributed by atoms with Crippen molar-refractivity contribution in [1.82, 2.24) is 5.32 Å². The maximum atomic E-state index is 12.2. The number of hydrogen-bond donors (Lipinski definition) is 3. The number of aliphatic hydroxyl groups is 1. The average Bonchev–Trinajstić information content (AvgIpc) is 2.75. The fourth-order valence-electron chi connectivity index (χ4n) is 2.94. The molecule has 0 aromatic heterocycles. The number of rotatable bonds is 9. The van der Waals surface area contributed by atoms with Crippen LogP contribution in [-0.2, 0) is 11.3 Å². The van der Waals surface area contributed by atoms with Crippen LogP contribution in [0.15, 0.2) is 72.8 Å². The van der Waals surface area contributed by atoms with Crippen LogP contribution in [0.2, 0.25) is 5.02 Å². The van der Waals surface area contributed by atoms with Crippen molar-refractivity contribution in [3.8, 4) is 5.75 Å². The standard InChI is InChI=1S/C24H25ClN2O3/c1-17-7-10-21(11-8-17)27-24(29)16-30-23-12-9-20(25)13-19(23)14-26-15-22(28)18-5-3-2-4-6-18/h2-13,22,26,28H,14-16H2,1H3,(H,27,29)/t22-/m1/s1.